The van der Waals surface area contributed by atoms with E-state index in [9.17, 15) is 0 Å². The van der Waals surface area contributed by atoms with E-state index in [0.29, 0.717) is 0 Å². The van der Waals surface area contributed by atoms with E-state index in [2.05, 4.69) is 55.2 Å². The number of likely N-dealkylation sites (N-methyl/N-ethyl adjacent to an activating group) is 1. The molecule has 2 rings (SSSR count). The van der Waals surface area contributed by atoms with Gasteiger partial charge in [-0.25, -0.2) is 0 Å². The maximum Gasteiger partial charge on any atom is 0.0534 e. The molecule has 0 aliphatic heterocycles. The van der Waals surface area contributed by atoms with Crippen LogP contribution in [0.3, 0.4) is 0 Å². The van der Waals surface area contributed by atoms with Gasteiger partial charge in [-0.1, -0.05) is 29.8 Å². The van der Waals surface area contributed by atoms with Gasteiger partial charge in [0.15, 0.2) is 0 Å². The van der Waals surface area contributed by atoms with Gasteiger partial charge < -0.3 is 5.73 Å². The van der Waals surface area contributed by atoms with Crippen molar-refractivity contribution >= 4 is 0 Å². The first-order valence-electron chi connectivity index (χ1n) is 6.97. The molecule has 2 unspecified atom stereocenters. The van der Waals surface area contributed by atoms with Crippen LogP contribution in [0.5, 0.6) is 0 Å². The molecule has 0 radical (unpaired) electrons. The molecule has 108 valence electrons. The summed E-state index contributed by atoms with van der Waals surface area (Å²) >= 11 is 0. The molecule has 2 atom stereocenters. The number of hydrogen-bond donors (Lipinski definition) is 1. The summed E-state index contributed by atoms with van der Waals surface area (Å²) in [4.78, 5) is 2.28. The summed E-state index contributed by atoms with van der Waals surface area (Å²) in [6, 6.07) is 8.90. The van der Waals surface area contributed by atoms with E-state index in [-0.39, 0.29) is 12.1 Å². The molecule has 0 fully saturated rings. The first-order chi connectivity index (χ1) is 9.47. The molecule has 2 aromatic rings. The fraction of sp³-hybridized carbons (Fsp3) is 0.438. The number of aryl methyl sites for hydroxylation is 2. The van der Waals surface area contributed by atoms with Crippen LogP contribution in [0.25, 0.3) is 0 Å². The van der Waals surface area contributed by atoms with E-state index in [4.69, 9.17) is 5.73 Å². The Balaban J connectivity index is 2.17. The van der Waals surface area contributed by atoms with Crippen molar-refractivity contribution in [1.82, 2.24) is 14.7 Å². The number of nitrogens with zero attached hydrogens (tertiary/aromatic N) is 3. The van der Waals surface area contributed by atoms with E-state index in [1.54, 1.807) is 0 Å². The molecule has 0 saturated carbocycles. The van der Waals surface area contributed by atoms with E-state index >= 15 is 0 Å². The van der Waals surface area contributed by atoms with Crippen LogP contribution in [0.15, 0.2) is 36.7 Å². The SMILES string of the molecule is Cc1ccc(C(C(C)N)N(C)Cc2cnn(C)c2)cc1. The van der Waals surface area contributed by atoms with E-state index in [0.717, 1.165) is 6.54 Å². The summed E-state index contributed by atoms with van der Waals surface area (Å²) in [6.07, 6.45) is 3.95. The predicted molar refractivity (Wildman–Crippen MR) is 82.2 cm³/mol. The maximum absolute atomic E-state index is 6.20. The van der Waals surface area contributed by atoms with Crippen LogP contribution in [-0.2, 0) is 13.6 Å². The topological polar surface area (TPSA) is 47.1 Å². The number of nitrogens with two attached hydrogens (primary N) is 1. The van der Waals surface area contributed by atoms with Crippen molar-refractivity contribution < 1.29 is 0 Å². The molecule has 0 amide bonds. The number of aromatic nitrogens is 2. The molecule has 0 aliphatic carbocycles. The van der Waals surface area contributed by atoms with Gasteiger partial charge in [0, 0.05) is 37.4 Å². The number of benzene rings is 1. The summed E-state index contributed by atoms with van der Waals surface area (Å²) in [7, 11) is 4.05. The van der Waals surface area contributed by atoms with Gasteiger partial charge in [-0.3, -0.25) is 9.58 Å². The predicted octanol–water partition coefficient (Wildman–Crippen LogP) is 2.25. The molecule has 1 aromatic carbocycles. The van der Waals surface area contributed by atoms with Gasteiger partial charge in [-0.05, 0) is 26.5 Å². The third-order valence-electron chi connectivity index (χ3n) is 3.58. The lowest BCUT2D eigenvalue weighted by Gasteiger charge is -2.31. The van der Waals surface area contributed by atoms with Crippen LogP contribution in [0.2, 0.25) is 0 Å². The van der Waals surface area contributed by atoms with Gasteiger partial charge >= 0.3 is 0 Å². The molecule has 20 heavy (non-hydrogen) atoms. The van der Waals surface area contributed by atoms with Gasteiger partial charge in [0.1, 0.15) is 0 Å². The first-order valence-corrected chi connectivity index (χ1v) is 6.97. The smallest absolute Gasteiger partial charge is 0.0534 e. The average Bonchev–Trinajstić information content (AvgIpc) is 2.77. The molecule has 0 bridgehead atoms. The third kappa shape index (κ3) is 3.46. The van der Waals surface area contributed by atoms with Crippen molar-refractivity contribution in [1.29, 1.82) is 0 Å². The summed E-state index contributed by atoms with van der Waals surface area (Å²) in [5.74, 6) is 0. The van der Waals surface area contributed by atoms with Crippen LogP contribution >= 0.6 is 0 Å². The van der Waals surface area contributed by atoms with Gasteiger partial charge in [-0.2, -0.15) is 5.10 Å². The molecular weight excluding hydrogens is 248 g/mol. The van der Waals surface area contributed by atoms with Crippen LogP contribution in [0.4, 0.5) is 0 Å². The van der Waals surface area contributed by atoms with Crippen LogP contribution < -0.4 is 5.73 Å². The van der Waals surface area contributed by atoms with Crippen LogP contribution in [0, 0.1) is 6.92 Å². The highest BCUT2D eigenvalue weighted by molar-refractivity contribution is 5.25. The Morgan fingerprint density at radius 1 is 1.30 bits per heavy atom. The Morgan fingerprint density at radius 3 is 2.45 bits per heavy atom. The fourth-order valence-electron chi connectivity index (χ4n) is 2.66. The Kier molecular flexibility index (Phi) is 4.57. The minimum atomic E-state index is 0.0689. The zero-order chi connectivity index (χ0) is 14.7. The lowest BCUT2D eigenvalue weighted by atomic mass is 9.98. The van der Waals surface area contributed by atoms with Gasteiger partial charge in [0.2, 0.25) is 0 Å². The highest BCUT2D eigenvalue weighted by Crippen LogP contribution is 2.24. The number of hydrogen-bond acceptors (Lipinski definition) is 3. The van der Waals surface area contributed by atoms with Crippen molar-refractivity contribution in [3.8, 4) is 0 Å². The van der Waals surface area contributed by atoms with Crippen molar-refractivity contribution in [2.24, 2.45) is 12.8 Å². The second-order valence-electron chi connectivity index (χ2n) is 5.65. The van der Waals surface area contributed by atoms with Crippen molar-refractivity contribution in [2.75, 3.05) is 7.05 Å². The molecule has 0 saturated heterocycles. The standard InChI is InChI=1S/C16H24N4/c1-12-5-7-15(8-6-12)16(13(2)17)19(3)10-14-9-18-20(4)11-14/h5-9,11,13,16H,10,17H2,1-4H3. The molecule has 2 N–H and O–H groups in total. The maximum atomic E-state index is 6.20. The summed E-state index contributed by atoms with van der Waals surface area (Å²) in [6.45, 7) is 5.00. The van der Waals surface area contributed by atoms with Gasteiger partial charge in [-0.15, -0.1) is 0 Å². The molecule has 4 nitrogen and oxygen atoms in total. The lowest BCUT2D eigenvalue weighted by molar-refractivity contribution is 0.211. The molecule has 0 aliphatic rings. The normalized spacial score (nSPS) is 14.5. The van der Waals surface area contributed by atoms with Crippen molar-refractivity contribution in [3.05, 3.63) is 53.3 Å². The molecule has 4 heteroatoms. The first kappa shape index (κ1) is 14.8. The van der Waals surface area contributed by atoms with Crippen LogP contribution in [0.1, 0.15) is 29.7 Å². The fourth-order valence-corrected chi connectivity index (χ4v) is 2.66. The zero-order valence-corrected chi connectivity index (χ0v) is 12.7. The van der Waals surface area contributed by atoms with E-state index in [1.807, 2.05) is 24.1 Å². The Bertz CT molecular complexity index is 542. The molecular formula is C16H24N4. The minimum Gasteiger partial charge on any atom is -0.326 e. The average molecular weight is 272 g/mol. The second-order valence-corrected chi connectivity index (χ2v) is 5.65. The largest absolute Gasteiger partial charge is 0.326 e. The Hall–Kier alpha value is -1.65. The van der Waals surface area contributed by atoms with Gasteiger partial charge in [0.05, 0.1) is 6.20 Å². The number of rotatable bonds is 5. The highest BCUT2D eigenvalue weighted by atomic mass is 15.2. The van der Waals surface area contributed by atoms with E-state index in [1.165, 1.54) is 16.7 Å². The minimum absolute atomic E-state index is 0.0689. The summed E-state index contributed by atoms with van der Waals surface area (Å²) < 4.78 is 1.83. The summed E-state index contributed by atoms with van der Waals surface area (Å²) in [5.41, 5.74) is 9.94. The molecule has 1 heterocycles. The highest BCUT2D eigenvalue weighted by Gasteiger charge is 2.21. The quantitative estimate of drug-likeness (QED) is 0.908. The Morgan fingerprint density at radius 2 is 1.95 bits per heavy atom. The zero-order valence-electron chi connectivity index (χ0n) is 12.7. The van der Waals surface area contributed by atoms with Crippen molar-refractivity contribution in [3.63, 3.8) is 0 Å². The van der Waals surface area contributed by atoms with Crippen LogP contribution in [-0.4, -0.2) is 27.8 Å². The van der Waals surface area contributed by atoms with E-state index < -0.39 is 0 Å². The van der Waals surface area contributed by atoms with Gasteiger partial charge in [0.25, 0.3) is 0 Å². The monoisotopic (exact) mass is 272 g/mol. The molecule has 0 spiro atoms. The Labute approximate surface area is 121 Å². The molecule has 1 aromatic heterocycles. The van der Waals surface area contributed by atoms with Crippen molar-refractivity contribution in [2.45, 2.75) is 32.5 Å². The second kappa shape index (κ2) is 6.20. The third-order valence-corrected chi connectivity index (χ3v) is 3.58. The lowest BCUT2D eigenvalue weighted by Crippen LogP contribution is -2.36. The summed E-state index contributed by atoms with van der Waals surface area (Å²) in [5, 5.41) is 4.22.